The van der Waals surface area contributed by atoms with Crippen LogP contribution in [0.25, 0.3) is 0 Å². The Morgan fingerprint density at radius 2 is 2.00 bits per heavy atom. The van der Waals surface area contributed by atoms with Crippen molar-refractivity contribution < 1.29 is 14.3 Å². The number of allylic oxidation sites excluding steroid dienone is 1. The van der Waals surface area contributed by atoms with Crippen molar-refractivity contribution in [2.24, 2.45) is 17.3 Å². The van der Waals surface area contributed by atoms with Crippen LogP contribution in [-0.2, 0) is 14.3 Å². The summed E-state index contributed by atoms with van der Waals surface area (Å²) in [6.45, 7) is 6.09. The van der Waals surface area contributed by atoms with Crippen LogP contribution in [0.15, 0.2) is 11.1 Å². The highest BCUT2D eigenvalue weighted by Crippen LogP contribution is 2.53. The quantitative estimate of drug-likeness (QED) is 0.489. The molecule has 18 heavy (non-hydrogen) atoms. The minimum atomic E-state index is -0.367. The van der Waals surface area contributed by atoms with E-state index in [-0.39, 0.29) is 29.3 Å². The molecule has 1 saturated heterocycles. The molecule has 3 aliphatic rings. The van der Waals surface area contributed by atoms with Gasteiger partial charge in [-0.15, -0.1) is 0 Å². The lowest BCUT2D eigenvalue weighted by Gasteiger charge is -2.44. The van der Waals surface area contributed by atoms with Gasteiger partial charge in [0.05, 0.1) is 11.3 Å². The fourth-order valence-electron chi connectivity index (χ4n) is 4.05. The fourth-order valence-corrected chi connectivity index (χ4v) is 4.05. The molecular weight excluding hydrogens is 228 g/mol. The largest absolute Gasteiger partial charge is 0.457 e. The van der Waals surface area contributed by atoms with Crippen molar-refractivity contribution in [1.82, 2.24) is 0 Å². The molecular formula is C15H20O3. The van der Waals surface area contributed by atoms with Crippen LogP contribution in [0.3, 0.4) is 0 Å². The molecule has 98 valence electrons. The van der Waals surface area contributed by atoms with E-state index in [1.54, 1.807) is 0 Å². The van der Waals surface area contributed by atoms with Gasteiger partial charge >= 0.3 is 5.97 Å². The Morgan fingerprint density at radius 1 is 1.28 bits per heavy atom. The number of fused-ring (bicyclic) bond motifs is 3. The Kier molecular flexibility index (Phi) is 2.45. The van der Waals surface area contributed by atoms with Crippen LogP contribution in [0, 0.1) is 17.3 Å². The summed E-state index contributed by atoms with van der Waals surface area (Å²) >= 11 is 0. The molecule has 0 aromatic heterocycles. The van der Waals surface area contributed by atoms with Gasteiger partial charge < -0.3 is 4.74 Å². The summed E-state index contributed by atoms with van der Waals surface area (Å²) in [5, 5.41) is 0. The van der Waals surface area contributed by atoms with Crippen molar-refractivity contribution in [1.29, 1.82) is 0 Å². The third kappa shape index (κ3) is 1.36. The number of rotatable bonds is 0. The number of hydrogen-bond donors (Lipinski definition) is 0. The lowest BCUT2D eigenvalue weighted by molar-refractivity contribution is -0.144. The molecule has 1 heterocycles. The zero-order valence-corrected chi connectivity index (χ0v) is 11.3. The first-order valence-corrected chi connectivity index (χ1v) is 6.89. The number of carbonyl (C=O) groups excluding carboxylic acids is 2. The van der Waals surface area contributed by atoms with Gasteiger partial charge in [-0.05, 0) is 38.7 Å². The molecule has 0 radical (unpaired) electrons. The summed E-state index contributed by atoms with van der Waals surface area (Å²) in [6.07, 6.45) is 3.15. The summed E-state index contributed by atoms with van der Waals surface area (Å²) in [5.74, 6) is 0.503. The van der Waals surface area contributed by atoms with Crippen molar-refractivity contribution in [2.75, 3.05) is 0 Å². The van der Waals surface area contributed by atoms with Crippen LogP contribution in [0.4, 0.5) is 0 Å². The summed E-state index contributed by atoms with van der Waals surface area (Å²) < 4.78 is 5.58. The van der Waals surface area contributed by atoms with Crippen LogP contribution < -0.4 is 0 Å². The smallest absolute Gasteiger partial charge is 0.309 e. The second-order valence-electron chi connectivity index (χ2n) is 6.30. The highest BCUT2D eigenvalue weighted by molar-refractivity contribution is 5.90. The molecule has 3 heteroatoms. The molecule has 0 amide bonds. The van der Waals surface area contributed by atoms with E-state index < -0.39 is 0 Å². The van der Waals surface area contributed by atoms with Crippen molar-refractivity contribution in [3.8, 4) is 0 Å². The average molecular weight is 248 g/mol. The van der Waals surface area contributed by atoms with E-state index in [9.17, 15) is 9.59 Å². The van der Waals surface area contributed by atoms with Gasteiger partial charge in [-0.1, -0.05) is 12.5 Å². The minimum Gasteiger partial charge on any atom is -0.457 e. The third-order valence-electron chi connectivity index (χ3n) is 5.30. The first-order valence-electron chi connectivity index (χ1n) is 6.89. The Morgan fingerprint density at radius 3 is 2.72 bits per heavy atom. The summed E-state index contributed by atoms with van der Waals surface area (Å²) in [6, 6.07) is 0. The minimum absolute atomic E-state index is 0.0168. The molecule has 1 saturated carbocycles. The number of ketones is 1. The SMILES string of the molecule is CC1=C2[C@@H]3OC(=O)[C@H](C)[C@H]3CC[C@]2(C)C(=O)CC1. The first kappa shape index (κ1) is 11.9. The number of carbonyl (C=O) groups is 2. The molecule has 2 fully saturated rings. The van der Waals surface area contributed by atoms with Gasteiger partial charge in [-0.3, -0.25) is 9.59 Å². The van der Waals surface area contributed by atoms with E-state index in [1.807, 2.05) is 13.8 Å². The van der Waals surface area contributed by atoms with E-state index in [4.69, 9.17) is 4.74 Å². The van der Waals surface area contributed by atoms with Crippen molar-refractivity contribution in [3.63, 3.8) is 0 Å². The summed E-state index contributed by atoms with van der Waals surface area (Å²) in [5.41, 5.74) is 2.04. The number of hydrogen-bond acceptors (Lipinski definition) is 3. The molecule has 1 aliphatic heterocycles. The van der Waals surface area contributed by atoms with Gasteiger partial charge in [0.1, 0.15) is 11.9 Å². The normalized spacial score (nSPS) is 43.6. The van der Waals surface area contributed by atoms with Gasteiger partial charge in [-0.25, -0.2) is 0 Å². The Balaban J connectivity index is 2.08. The molecule has 0 aromatic carbocycles. The average Bonchev–Trinajstić information content (AvgIpc) is 2.60. The molecule has 0 bridgehead atoms. The zero-order chi connectivity index (χ0) is 13.1. The van der Waals surface area contributed by atoms with Gasteiger partial charge in [0.15, 0.2) is 0 Å². The maximum atomic E-state index is 12.3. The van der Waals surface area contributed by atoms with E-state index in [2.05, 4.69) is 6.92 Å². The van der Waals surface area contributed by atoms with E-state index in [0.717, 1.165) is 24.8 Å². The van der Waals surface area contributed by atoms with Crippen LogP contribution in [0.2, 0.25) is 0 Å². The van der Waals surface area contributed by atoms with E-state index in [0.29, 0.717) is 12.2 Å². The predicted octanol–water partition coefficient (Wildman–Crippen LogP) is 2.64. The van der Waals surface area contributed by atoms with Crippen molar-refractivity contribution in [2.45, 2.75) is 52.6 Å². The number of esters is 1. The second-order valence-corrected chi connectivity index (χ2v) is 6.30. The highest BCUT2D eigenvalue weighted by atomic mass is 16.6. The Hall–Kier alpha value is -1.12. The first-order chi connectivity index (χ1) is 8.45. The van der Waals surface area contributed by atoms with Crippen LogP contribution >= 0.6 is 0 Å². The summed E-state index contributed by atoms with van der Waals surface area (Å²) in [7, 11) is 0. The summed E-state index contributed by atoms with van der Waals surface area (Å²) in [4.78, 5) is 24.1. The molecule has 0 N–H and O–H groups in total. The monoisotopic (exact) mass is 248 g/mol. The van der Waals surface area contributed by atoms with Crippen LogP contribution in [-0.4, -0.2) is 17.9 Å². The predicted molar refractivity (Wildman–Crippen MR) is 66.8 cm³/mol. The lowest BCUT2D eigenvalue weighted by Crippen LogP contribution is -2.45. The maximum Gasteiger partial charge on any atom is 0.309 e. The van der Waals surface area contributed by atoms with E-state index >= 15 is 0 Å². The van der Waals surface area contributed by atoms with Gasteiger partial charge in [0, 0.05) is 12.3 Å². The molecule has 2 aliphatic carbocycles. The Bertz CT molecular complexity index is 462. The highest BCUT2D eigenvalue weighted by Gasteiger charge is 2.55. The lowest BCUT2D eigenvalue weighted by atomic mass is 9.59. The van der Waals surface area contributed by atoms with Crippen LogP contribution in [0.5, 0.6) is 0 Å². The van der Waals surface area contributed by atoms with Gasteiger partial charge in [0.2, 0.25) is 0 Å². The van der Waals surface area contributed by atoms with Crippen molar-refractivity contribution >= 4 is 11.8 Å². The van der Waals surface area contributed by atoms with Gasteiger partial charge in [-0.2, -0.15) is 0 Å². The fraction of sp³-hybridized carbons (Fsp3) is 0.733. The Labute approximate surface area is 108 Å². The van der Waals surface area contributed by atoms with Crippen LogP contribution in [0.1, 0.15) is 46.5 Å². The molecule has 3 nitrogen and oxygen atoms in total. The molecule has 0 unspecified atom stereocenters. The number of ether oxygens (including phenoxy) is 1. The third-order valence-corrected chi connectivity index (χ3v) is 5.30. The molecule has 0 aromatic rings. The molecule has 0 spiro atoms. The van der Waals surface area contributed by atoms with Gasteiger partial charge in [0.25, 0.3) is 0 Å². The molecule has 3 rings (SSSR count). The zero-order valence-electron chi connectivity index (χ0n) is 11.3. The van der Waals surface area contributed by atoms with E-state index in [1.165, 1.54) is 5.57 Å². The topological polar surface area (TPSA) is 43.4 Å². The standard InChI is InChI=1S/C15H20O3/c1-8-4-5-11(16)15(3)7-6-10-9(2)14(17)18-13(10)12(8)15/h9-10,13H,4-7H2,1-3H3/t9-,10-,13-,15-/m1/s1. The second kappa shape index (κ2) is 3.69. The maximum absolute atomic E-state index is 12.3. The number of Topliss-reactive ketones (excluding diaryl/α,β-unsaturated/α-hetero) is 1. The molecule has 4 atom stereocenters. The van der Waals surface area contributed by atoms with Crippen molar-refractivity contribution in [3.05, 3.63) is 11.1 Å².